The molecule has 1 N–H and O–H groups in total. The lowest BCUT2D eigenvalue weighted by molar-refractivity contribution is 0.102. The van der Waals surface area contributed by atoms with Crippen molar-refractivity contribution < 1.29 is 13.6 Å². The summed E-state index contributed by atoms with van der Waals surface area (Å²) in [5.74, 6) is -0.381. The molecule has 144 valence electrons. The highest BCUT2D eigenvalue weighted by molar-refractivity contribution is 7.99. The monoisotopic (exact) mass is 415 g/mol. The maximum Gasteiger partial charge on any atom is 0.259 e. The third-order valence-corrected chi connectivity index (χ3v) is 6.99. The highest BCUT2D eigenvalue weighted by atomic mass is 32.3. The minimum absolute atomic E-state index is 0.107. The molecule has 0 saturated heterocycles. The van der Waals surface area contributed by atoms with E-state index >= 15 is 0 Å². The summed E-state index contributed by atoms with van der Waals surface area (Å²) in [4.78, 5) is 25.1. The predicted molar refractivity (Wildman–Crippen MR) is 106 cm³/mol. The molecule has 0 radical (unpaired) electrons. The van der Waals surface area contributed by atoms with Crippen LogP contribution in [0.2, 0.25) is 0 Å². The van der Waals surface area contributed by atoms with Crippen LogP contribution in [0.3, 0.4) is 0 Å². The highest BCUT2D eigenvalue weighted by Gasteiger charge is 2.35. The number of anilines is 2. The van der Waals surface area contributed by atoms with Crippen molar-refractivity contribution in [2.75, 3.05) is 16.2 Å². The number of sulfonamides is 1. The molecule has 1 aliphatic heterocycles. The second-order valence-electron chi connectivity index (χ2n) is 6.31. The summed E-state index contributed by atoms with van der Waals surface area (Å²) in [5, 5.41) is 5.04. The Morgan fingerprint density at radius 2 is 2.25 bits per heavy atom. The summed E-state index contributed by atoms with van der Waals surface area (Å²) in [6.45, 7) is 2.16. The number of hydrogen-bond acceptors (Lipinski definition) is 7. The fourth-order valence-electron chi connectivity index (χ4n) is 2.98. The van der Waals surface area contributed by atoms with Crippen LogP contribution < -0.4 is 9.62 Å². The van der Waals surface area contributed by atoms with Gasteiger partial charge >= 0.3 is 0 Å². The van der Waals surface area contributed by atoms with Gasteiger partial charge in [0.05, 0.1) is 29.7 Å². The average molecular weight is 416 g/mol. The number of nitrogens with zero attached hydrogens (tertiary/aromatic N) is 4. The van der Waals surface area contributed by atoms with Crippen LogP contribution in [-0.4, -0.2) is 32.0 Å². The third-order valence-electron chi connectivity index (χ3n) is 4.31. The number of thiazole rings is 1. The number of carbonyl (C=O) groups is 1. The number of amides is 1. The van der Waals surface area contributed by atoms with Crippen molar-refractivity contribution in [2.24, 2.45) is 0 Å². The topological polar surface area (TPSA) is 111 Å². The molecule has 0 fully saturated rings. The van der Waals surface area contributed by atoms with Crippen molar-refractivity contribution in [3.05, 3.63) is 59.1 Å². The molecule has 0 aromatic carbocycles. The largest absolute Gasteiger partial charge is 0.588 e. The molecule has 4 rings (SSSR count). The van der Waals surface area contributed by atoms with Gasteiger partial charge in [-0.3, -0.25) is 20.1 Å². The number of fused-ring (bicyclic) bond motifs is 1. The molecule has 1 amide bonds. The van der Waals surface area contributed by atoms with Crippen LogP contribution in [0.4, 0.5) is 10.8 Å². The van der Waals surface area contributed by atoms with Crippen LogP contribution in [0, 0.1) is 6.92 Å². The number of nitrogens with one attached hydrogen (secondary N) is 1. The van der Waals surface area contributed by atoms with E-state index in [1.807, 2.05) is 12.3 Å². The van der Waals surface area contributed by atoms with Gasteiger partial charge in [0, 0.05) is 17.8 Å². The highest BCUT2D eigenvalue weighted by Crippen LogP contribution is 2.34. The fraction of sp³-hybridized carbons (Fsp3) is 0.222. The summed E-state index contributed by atoms with van der Waals surface area (Å²) < 4.78 is 27.5. The number of hydrogen-bond donors (Lipinski definition) is 1. The number of carbonyl (C=O) groups excluding carboxylic acids is 1. The molecule has 4 heterocycles. The first-order valence-corrected chi connectivity index (χ1v) is 10.9. The van der Waals surface area contributed by atoms with E-state index in [1.54, 1.807) is 12.1 Å². The minimum Gasteiger partial charge on any atom is -0.588 e. The van der Waals surface area contributed by atoms with Gasteiger partial charge in [0.15, 0.2) is 20.4 Å². The molecular weight excluding hydrogens is 398 g/mol. The summed E-state index contributed by atoms with van der Waals surface area (Å²) in [7, 11) is -3.78. The van der Waals surface area contributed by atoms with E-state index in [0.29, 0.717) is 35.9 Å². The van der Waals surface area contributed by atoms with E-state index < -0.39 is 10.4 Å². The molecular formula is C18H17N5O3S2. The molecule has 0 spiro atoms. The van der Waals surface area contributed by atoms with Crippen LogP contribution in [-0.2, 0) is 21.0 Å². The lowest BCUT2D eigenvalue weighted by atomic mass is 10.1. The summed E-state index contributed by atoms with van der Waals surface area (Å²) in [6, 6.07) is 4.66. The molecule has 1 atom stereocenters. The molecule has 0 aliphatic carbocycles. The lowest BCUT2D eigenvalue weighted by Crippen LogP contribution is -2.40. The SMILES string of the molecule is Cc1csc(NC(=O)c2cnc3c(c2)N([S+](=O)([O-])c2cccnc2)CCC3)n1. The van der Waals surface area contributed by atoms with Crippen LogP contribution in [0.1, 0.15) is 28.2 Å². The molecule has 1 unspecified atom stereocenters. The number of aromatic nitrogens is 3. The van der Waals surface area contributed by atoms with Gasteiger partial charge in [-0.15, -0.1) is 11.3 Å². The lowest BCUT2D eigenvalue weighted by Gasteiger charge is -2.32. The van der Waals surface area contributed by atoms with Gasteiger partial charge in [0.2, 0.25) is 0 Å². The summed E-state index contributed by atoms with van der Waals surface area (Å²) in [5.41, 5.74) is 2.18. The van der Waals surface area contributed by atoms with Gasteiger partial charge in [-0.2, -0.15) is 4.31 Å². The van der Waals surface area contributed by atoms with Crippen molar-refractivity contribution in [1.29, 1.82) is 0 Å². The van der Waals surface area contributed by atoms with Gasteiger partial charge in [0.1, 0.15) is 5.69 Å². The van der Waals surface area contributed by atoms with E-state index in [0.717, 1.165) is 5.69 Å². The molecule has 8 nitrogen and oxygen atoms in total. The minimum atomic E-state index is -3.78. The zero-order chi connectivity index (χ0) is 19.7. The molecule has 0 bridgehead atoms. The van der Waals surface area contributed by atoms with Gasteiger partial charge in [-0.1, -0.05) is 4.21 Å². The van der Waals surface area contributed by atoms with Crippen molar-refractivity contribution in [1.82, 2.24) is 15.0 Å². The summed E-state index contributed by atoms with van der Waals surface area (Å²) in [6.07, 6.45) is 5.62. The van der Waals surface area contributed by atoms with E-state index in [4.69, 9.17) is 0 Å². The molecule has 28 heavy (non-hydrogen) atoms. The smallest absolute Gasteiger partial charge is 0.259 e. The quantitative estimate of drug-likeness (QED) is 0.656. The molecule has 3 aromatic rings. The van der Waals surface area contributed by atoms with Gasteiger partial charge in [-0.05, 0) is 38.0 Å². The Labute approximate surface area is 167 Å². The third kappa shape index (κ3) is 3.53. The Balaban J connectivity index is 1.67. The first kappa shape index (κ1) is 18.7. The Morgan fingerprint density at radius 3 is 2.96 bits per heavy atom. The number of aryl methyl sites for hydroxylation is 2. The molecule has 3 aromatic heterocycles. The number of rotatable bonds is 4. The second-order valence-corrected chi connectivity index (χ2v) is 9.03. The number of pyridine rings is 2. The molecule has 0 saturated carbocycles. The Morgan fingerprint density at radius 1 is 1.39 bits per heavy atom. The fourth-order valence-corrected chi connectivity index (χ4v) is 5.15. The Kier molecular flexibility index (Phi) is 4.92. The van der Waals surface area contributed by atoms with Crippen LogP contribution in [0.25, 0.3) is 0 Å². The Bertz CT molecular complexity index is 1070. The first-order valence-electron chi connectivity index (χ1n) is 8.60. The van der Waals surface area contributed by atoms with Gasteiger partial charge in [0.25, 0.3) is 5.91 Å². The molecule has 1 aliphatic rings. The zero-order valence-corrected chi connectivity index (χ0v) is 16.6. The van der Waals surface area contributed by atoms with E-state index in [2.05, 4.69) is 20.3 Å². The van der Waals surface area contributed by atoms with E-state index in [-0.39, 0.29) is 16.4 Å². The predicted octanol–water partition coefficient (Wildman–Crippen LogP) is 2.85. The van der Waals surface area contributed by atoms with Crippen LogP contribution >= 0.6 is 11.3 Å². The van der Waals surface area contributed by atoms with Crippen molar-refractivity contribution in [2.45, 2.75) is 24.7 Å². The summed E-state index contributed by atoms with van der Waals surface area (Å²) >= 11 is 1.33. The van der Waals surface area contributed by atoms with Gasteiger partial charge in [-0.25, -0.2) is 4.98 Å². The van der Waals surface area contributed by atoms with Crippen LogP contribution in [0.15, 0.2) is 47.1 Å². The van der Waals surface area contributed by atoms with Crippen LogP contribution in [0.5, 0.6) is 0 Å². The standard InChI is InChI=1S/C18H17N5O3S2/c1-12-11-27-18(21-12)22-17(24)13-8-16-15(20-9-13)5-3-7-23(16)28(25,26)14-4-2-6-19-10-14/h2,4,6,8-11H,3,5,7H2,1H3,(H-,21,22,24,25,26). The van der Waals surface area contributed by atoms with Crippen molar-refractivity contribution in [3.63, 3.8) is 0 Å². The normalized spacial score (nSPS) is 15.6. The first-order chi connectivity index (χ1) is 13.4. The zero-order valence-electron chi connectivity index (χ0n) is 15.0. The maximum absolute atomic E-state index is 13.1. The van der Waals surface area contributed by atoms with Crippen molar-refractivity contribution in [3.8, 4) is 0 Å². The average Bonchev–Trinajstić information content (AvgIpc) is 3.12. The van der Waals surface area contributed by atoms with Crippen molar-refractivity contribution >= 4 is 38.5 Å². The van der Waals surface area contributed by atoms with Gasteiger partial charge < -0.3 is 4.55 Å². The Hall–Kier alpha value is -2.69. The van der Waals surface area contributed by atoms with E-state index in [9.17, 15) is 13.6 Å². The maximum atomic E-state index is 13.1. The van der Waals surface area contributed by atoms with E-state index in [1.165, 1.54) is 40.3 Å². The second kappa shape index (κ2) is 7.38. The molecule has 10 heteroatoms.